The molecule has 2 rings (SSSR count). The minimum atomic E-state index is -3.75. The van der Waals surface area contributed by atoms with E-state index in [1.165, 1.54) is 0 Å². The zero-order valence-electron chi connectivity index (χ0n) is 11.8. The van der Waals surface area contributed by atoms with Gasteiger partial charge in [0.15, 0.2) is 10.7 Å². The maximum atomic E-state index is 12.4. The quantitative estimate of drug-likeness (QED) is 0.846. The van der Waals surface area contributed by atoms with Crippen LogP contribution in [0.4, 0.5) is 11.4 Å². The summed E-state index contributed by atoms with van der Waals surface area (Å²) in [5.41, 5.74) is 8.84. The Hall–Kier alpha value is -2.02. The molecular weight excluding hydrogens is 278 g/mol. The predicted octanol–water partition coefficient (Wildman–Crippen LogP) is 2.29. The smallest absolute Gasteiger partial charge is 0.267 e. The van der Waals surface area contributed by atoms with Crippen LogP contribution in [0.1, 0.15) is 22.6 Å². The maximum Gasteiger partial charge on any atom is 0.267 e. The number of nitrogens with zero attached hydrogens (tertiary/aromatic N) is 1. The summed E-state index contributed by atoms with van der Waals surface area (Å²) in [6.45, 7) is 6.83. The van der Waals surface area contributed by atoms with E-state index < -0.39 is 10.0 Å². The monoisotopic (exact) mass is 295 g/mol. The molecule has 7 heteroatoms. The summed E-state index contributed by atoms with van der Waals surface area (Å²) in [5.74, 6) is 0.257. The molecule has 0 aliphatic carbocycles. The second kappa shape index (κ2) is 4.82. The number of rotatable bonds is 3. The molecule has 0 unspecified atom stereocenters. The number of aryl methyl sites for hydroxylation is 4. The maximum absolute atomic E-state index is 12.4. The lowest BCUT2D eigenvalue weighted by Crippen LogP contribution is -2.15. The van der Waals surface area contributed by atoms with E-state index in [0.717, 1.165) is 11.1 Å². The fourth-order valence-electron chi connectivity index (χ4n) is 2.03. The van der Waals surface area contributed by atoms with E-state index in [9.17, 15) is 8.42 Å². The molecule has 0 saturated heterocycles. The fourth-order valence-corrected chi connectivity index (χ4v) is 3.49. The van der Waals surface area contributed by atoms with Gasteiger partial charge in [-0.3, -0.25) is 4.72 Å². The largest absolute Gasteiger partial charge is 0.398 e. The number of aromatic nitrogens is 1. The van der Waals surface area contributed by atoms with Crippen LogP contribution in [0.25, 0.3) is 0 Å². The van der Waals surface area contributed by atoms with Crippen molar-refractivity contribution in [2.24, 2.45) is 0 Å². The van der Waals surface area contributed by atoms with Gasteiger partial charge in [0, 0.05) is 5.69 Å². The number of nitrogens with two attached hydrogens (primary N) is 1. The predicted molar refractivity (Wildman–Crippen MR) is 77.1 cm³/mol. The van der Waals surface area contributed by atoms with E-state index in [0.29, 0.717) is 17.1 Å². The summed E-state index contributed by atoms with van der Waals surface area (Å²) < 4.78 is 32.2. The van der Waals surface area contributed by atoms with Crippen LogP contribution in [0.5, 0.6) is 0 Å². The highest BCUT2D eigenvalue weighted by atomic mass is 32.2. The lowest BCUT2D eigenvalue weighted by atomic mass is 10.1. The Bertz CT molecular complexity index is 744. The molecule has 0 fully saturated rings. The highest BCUT2D eigenvalue weighted by Gasteiger charge is 2.24. The van der Waals surface area contributed by atoms with Crippen LogP contribution in [-0.4, -0.2) is 13.6 Å². The SMILES string of the molecule is Cc1cc(C)c(NS(=O)(=O)c2c(C)noc2C)cc1N. The molecule has 0 amide bonds. The van der Waals surface area contributed by atoms with Crippen LogP contribution in [0.15, 0.2) is 21.6 Å². The van der Waals surface area contributed by atoms with E-state index in [2.05, 4.69) is 9.88 Å². The van der Waals surface area contributed by atoms with Crippen molar-refractivity contribution in [2.75, 3.05) is 10.5 Å². The first-order valence-electron chi connectivity index (χ1n) is 6.05. The normalized spacial score (nSPS) is 11.6. The molecule has 0 bridgehead atoms. The molecule has 2 aromatic rings. The molecule has 0 aliphatic rings. The Labute approximate surface area is 118 Å². The zero-order valence-corrected chi connectivity index (χ0v) is 12.6. The highest BCUT2D eigenvalue weighted by molar-refractivity contribution is 7.92. The molecule has 108 valence electrons. The first kappa shape index (κ1) is 14.4. The van der Waals surface area contributed by atoms with Crippen LogP contribution in [0, 0.1) is 27.7 Å². The molecule has 20 heavy (non-hydrogen) atoms. The summed E-state index contributed by atoms with van der Waals surface area (Å²) in [4.78, 5) is 0.0658. The van der Waals surface area contributed by atoms with Crippen LogP contribution in [0.3, 0.4) is 0 Å². The van der Waals surface area contributed by atoms with Gasteiger partial charge in [0.25, 0.3) is 10.0 Å². The van der Waals surface area contributed by atoms with Crippen molar-refractivity contribution in [3.63, 3.8) is 0 Å². The van der Waals surface area contributed by atoms with Gasteiger partial charge in [0.2, 0.25) is 0 Å². The molecule has 6 nitrogen and oxygen atoms in total. The highest BCUT2D eigenvalue weighted by Crippen LogP contribution is 2.27. The number of anilines is 2. The molecular formula is C13H17N3O3S. The van der Waals surface area contributed by atoms with E-state index in [-0.39, 0.29) is 10.7 Å². The van der Waals surface area contributed by atoms with Gasteiger partial charge in [-0.05, 0) is 44.9 Å². The molecule has 3 N–H and O–H groups in total. The summed E-state index contributed by atoms with van der Waals surface area (Å²) in [7, 11) is -3.75. The Kier molecular flexibility index (Phi) is 3.47. The summed E-state index contributed by atoms with van der Waals surface area (Å²) in [6.07, 6.45) is 0. The molecule has 0 atom stereocenters. The van der Waals surface area contributed by atoms with E-state index in [1.54, 1.807) is 19.9 Å². The number of hydrogen-bond donors (Lipinski definition) is 2. The zero-order chi connectivity index (χ0) is 15.1. The third-order valence-corrected chi connectivity index (χ3v) is 4.70. The number of nitrogens with one attached hydrogen (secondary N) is 1. The lowest BCUT2D eigenvalue weighted by Gasteiger charge is -2.12. The van der Waals surface area contributed by atoms with Crippen molar-refractivity contribution >= 4 is 21.4 Å². The molecule has 1 aromatic heterocycles. The lowest BCUT2D eigenvalue weighted by molar-refractivity contribution is 0.390. The number of nitrogen functional groups attached to an aromatic ring is 1. The summed E-state index contributed by atoms with van der Waals surface area (Å²) in [5, 5.41) is 3.66. The molecule has 0 saturated carbocycles. The third kappa shape index (κ3) is 2.49. The number of benzene rings is 1. The first-order chi connectivity index (χ1) is 9.22. The van der Waals surface area contributed by atoms with Gasteiger partial charge in [-0.15, -0.1) is 0 Å². The Balaban J connectivity index is 2.47. The topological polar surface area (TPSA) is 98.2 Å². The average Bonchev–Trinajstić information content (AvgIpc) is 2.66. The molecule has 0 aliphatic heterocycles. The van der Waals surface area contributed by atoms with Gasteiger partial charge >= 0.3 is 0 Å². The van der Waals surface area contributed by atoms with Gasteiger partial charge < -0.3 is 10.3 Å². The first-order valence-corrected chi connectivity index (χ1v) is 7.53. The second-order valence-corrected chi connectivity index (χ2v) is 6.40. The minimum Gasteiger partial charge on any atom is -0.398 e. The molecule has 0 spiro atoms. The van der Waals surface area contributed by atoms with Gasteiger partial charge in [0.1, 0.15) is 5.69 Å². The van der Waals surface area contributed by atoms with Crippen molar-refractivity contribution in [1.29, 1.82) is 0 Å². The van der Waals surface area contributed by atoms with E-state index in [4.69, 9.17) is 10.3 Å². The Morgan fingerprint density at radius 1 is 1.15 bits per heavy atom. The Morgan fingerprint density at radius 3 is 2.35 bits per heavy atom. The van der Waals surface area contributed by atoms with Gasteiger partial charge in [-0.2, -0.15) is 0 Å². The van der Waals surface area contributed by atoms with Crippen LogP contribution in [0.2, 0.25) is 0 Å². The minimum absolute atomic E-state index is 0.0658. The molecule has 1 aromatic carbocycles. The summed E-state index contributed by atoms with van der Waals surface area (Å²) in [6, 6.07) is 3.45. The number of sulfonamides is 1. The van der Waals surface area contributed by atoms with Gasteiger partial charge in [0.05, 0.1) is 5.69 Å². The van der Waals surface area contributed by atoms with E-state index >= 15 is 0 Å². The van der Waals surface area contributed by atoms with E-state index in [1.807, 2.05) is 19.9 Å². The van der Waals surface area contributed by atoms with Crippen molar-refractivity contribution < 1.29 is 12.9 Å². The van der Waals surface area contributed by atoms with Crippen LogP contribution < -0.4 is 10.5 Å². The van der Waals surface area contributed by atoms with Gasteiger partial charge in [-0.25, -0.2) is 8.42 Å². The van der Waals surface area contributed by atoms with Gasteiger partial charge in [-0.1, -0.05) is 11.2 Å². The molecule has 0 radical (unpaired) electrons. The fraction of sp³-hybridized carbons (Fsp3) is 0.308. The second-order valence-electron chi connectivity index (χ2n) is 4.78. The van der Waals surface area contributed by atoms with Crippen molar-refractivity contribution in [3.05, 3.63) is 34.7 Å². The van der Waals surface area contributed by atoms with Crippen molar-refractivity contribution in [2.45, 2.75) is 32.6 Å². The van der Waals surface area contributed by atoms with Crippen molar-refractivity contribution in [1.82, 2.24) is 5.16 Å². The van der Waals surface area contributed by atoms with Crippen LogP contribution >= 0.6 is 0 Å². The average molecular weight is 295 g/mol. The third-order valence-electron chi connectivity index (χ3n) is 3.09. The standard InChI is InChI=1S/C13H17N3O3S/c1-7-5-8(2)12(6-11(7)14)16-20(17,18)13-9(3)15-19-10(13)4/h5-6,16H,14H2,1-4H3. The summed E-state index contributed by atoms with van der Waals surface area (Å²) >= 11 is 0. The van der Waals surface area contributed by atoms with Crippen LogP contribution in [-0.2, 0) is 10.0 Å². The molecule has 1 heterocycles. The Morgan fingerprint density at radius 2 is 1.80 bits per heavy atom. The van der Waals surface area contributed by atoms with Crippen molar-refractivity contribution in [3.8, 4) is 0 Å². The number of hydrogen-bond acceptors (Lipinski definition) is 5.